The van der Waals surface area contributed by atoms with Gasteiger partial charge in [0.05, 0.1) is 25.2 Å². The normalized spacial score (nSPS) is 18.1. The fourth-order valence-corrected chi connectivity index (χ4v) is 5.27. The molecule has 1 heterocycles. The highest BCUT2D eigenvalue weighted by molar-refractivity contribution is 6.74. The minimum Gasteiger partial charge on any atom is -0.493 e. The molecule has 202 valence electrons. The number of hydrogen-bond donors (Lipinski definition) is 2. The van der Waals surface area contributed by atoms with Crippen molar-refractivity contribution < 1.29 is 23.9 Å². The van der Waals surface area contributed by atoms with Crippen LogP contribution in [-0.4, -0.2) is 62.0 Å². The van der Waals surface area contributed by atoms with Gasteiger partial charge in [0.1, 0.15) is 5.75 Å². The third kappa shape index (κ3) is 7.90. The van der Waals surface area contributed by atoms with Gasteiger partial charge >= 0.3 is 0 Å². The monoisotopic (exact) mass is 526 g/mol. The Bertz CT molecular complexity index is 1050. The summed E-state index contributed by atoms with van der Waals surface area (Å²) < 4.78 is 12.1. The largest absolute Gasteiger partial charge is 0.493 e. The summed E-state index contributed by atoms with van der Waals surface area (Å²) in [5.74, 6) is 0.510. The van der Waals surface area contributed by atoms with E-state index in [2.05, 4.69) is 46.1 Å². The molecule has 2 amide bonds. The number of likely N-dealkylation sites (tertiary alicyclic amines) is 1. The SMILES string of the molecule is CCc1ccc(C(=O)NCc2ccc(OCCC(=O)N3C[C@@H](O)[C@H](O[Si](C)(C)C(C)(C)C)C3)cc2)cc1. The van der Waals surface area contributed by atoms with E-state index in [1.807, 2.05) is 48.5 Å². The number of rotatable bonds is 10. The minimum atomic E-state index is -2.03. The van der Waals surface area contributed by atoms with Crippen LogP contribution in [0.2, 0.25) is 18.1 Å². The van der Waals surface area contributed by atoms with Crippen molar-refractivity contribution in [2.24, 2.45) is 0 Å². The Labute approximate surface area is 222 Å². The van der Waals surface area contributed by atoms with Crippen molar-refractivity contribution in [1.82, 2.24) is 10.2 Å². The lowest BCUT2D eigenvalue weighted by Gasteiger charge is -2.38. The lowest BCUT2D eigenvalue weighted by Crippen LogP contribution is -2.47. The van der Waals surface area contributed by atoms with Gasteiger partial charge in [-0.05, 0) is 59.9 Å². The van der Waals surface area contributed by atoms with E-state index in [0.29, 0.717) is 30.9 Å². The van der Waals surface area contributed by atoms with Gasteiger partial charge in [-0.2, -0.15) is 0 Å². The first-order valence-corrected chi connectivity index (χ1v) is 16.0. The number of hydrogen-bond acceptors (Lipinski definition) is 5. The summed E-state index contributed by atoms with van der Waals surface area (Å²) in [6.07, 6.45) is 0.171. The number of aliphatic hydroxyl groups excluding tert-OH is 1. The van der Waals surface area contributed by atoms with E-state index in [4.69, 9.17) is 9.16 Å². The summed E-state index contributed by atoms with van der Waals surface area (Å²) in [7, 11) is -2.03. The van der Waals surface area contributed by atoms with E-state index in [9.17, 15) is 14.7 Å². The molecule has 1 aliphatic heterocycles. The van der Waals surface area contributed by atoms with Gasteiger partial charge < -0.3 is 24.5 Å². The lowest BCUT2D eigenvalue weighted by atomic mass is 10.1. The second kappa shape index (κ2) is 12.2. The molecule has 2 aromatic rings. The molecule has 3 rings (SSSR count). The van der Waals surface area contributed by atoms with Crippen LogP contribution in [0, 0.1) is 0 Å². The van der Waals surface area contributed by atoms with Gasteiger partial charge in [-0.15, -0.1) is 0 Å². The van der Waals surface area contributed by atoms with Crippen molar-refractivity contribution in [3.05, 3.63) is 65.2 Å². The van der Waals surface area contributed by atoms with Crippen LogP contribution in [-0.2, 0) is 22.2 Å². The highest BCUT2D eigenvalue weighted by atomic mass is 28.4. The van der Waals surface area contributed by atoms with Crippen LogP contribution in [0.3, 0.4) is 0 Å². The molecule has 0 aromatic heterocycles. The molecule has 0 spiro atoms. The van der Waals surface area contributed by atoms with Crippen LogP contribution in [0.4, 0.5) is 0 Å². The van der Waals surface area contributed by atoms with Gasteiger partial charge in [0.2, 0.25) is 5.91 Å². The Kier molecular flexibility index (Phi) is 9.55. The average molecular weight is 527 g/mol. The first-order valence-electron chi connectivity index (χ1n) is 13.1. The van der Waals surface area contributed by atoms with Crippen molar-refractivity contribution in [3.63, 3.8) is 0 Å². The fraction of sp³-hybridized carbons (Fsp3) is 0.517. The number of nitrogens with zero attached hydrogens (tertiary/aromatic N) is 1. The second-order valence-corrected chi connectivity index (χ2v) is 16.0. The molecule has 2 N–H and O–H groups in total. The smallest absolute Gasteiger partial charge is 0.251 e. The Balaban J connectivity index is 1.40. The summed E-state index contributed by atoms with van der Waals surface area (Å²) in [5, 5.41) is 13.5. The lowest BCUT2D eigenvalue weighted by molar-refractivity contribution is -0.131. The van der Waals surface area contributed by atoms with E-state index < -0.39 is 14.4 Å². The van der Waals surface area contributed by atoms with Crippen LogP contribution in [0.1, 0.15) is 55.6 Å². The summed E-state index contributed by atoms with van der Waals surface area (Å²) in [6.45, 7) is 14.3. The van der Waals surface area contributed by atoms with Gasteiger partial charge in [-0.3, -0.25) is 9.59 Å². The maximum absolute atomic E-state index is 12.7. The number of benzene rings is 2. The standard InChI is InChI=1S/C29H42N2O5Si/c1-7-21-8-12-23(13-9-21)28(34)30-18-22-10-14-24(15-11-22)35-17-16-27(33)31-19-25(32)26(20-31)36-37(5,6)29(2,3)4/h8-15,25-26,32H,7,16-20H2,1-6H3,(H,30,34)/t25-,26-/m1/s1. The molecule has 2 aromatic carbocycles. The molecule has 7 nitrogen and oxygen atoms in total. The van der Waals surface area contributed by atoms with E-state index in [1.165, 1.54) is 5.56 Å². The van der Waals surface area contributed by atoms with Crippen molar-refractivity contribution in [2.45, 2.75) is 77.4 Å². The number of amides is 2. The molecule has 0 radical (unpaired) electrons. The molecule has 8 heteroatoms. The third-order valence-electron chi connectivity index (χ3n) is 7.43. The molecule has 1 aliphatic rings. The van der Waals surface area contributed by atoms with Gasteiger partial charge in [-0.1, -0.05) is 52.0 Å². The summed E-state index contributed by atoms with van der Waals surface area (Å²) in [6, 6.07) is 15.1. The molecular weight excluding hydrogens is 484 g/mol. The molecule has 1 fully saturated rings. The van der Waals surface area contributed by atoms with Crippen LogP contribution in [0.5, 0.6) is 5.75 Å². The second-order valence-electron chi connectivity index (χ2n) is 11.3. The summed E-state index contributed by atoms with van der Waals surface area (Å²) in [4.78, 5) is 26.7. The fourth-order valence-electron chi connectivity index (χ4n) is 3.93. The number of ether oxygens (including phenoxy) is 1. The highest BCUT2D eigenvalue weighted by Gasteiger charge is 2.43. The van der Waals surface area contributed by atoms with E-state index in [-0.39, 0.29) is 36.0 Å². The van der Waals surface area contributed by atoms with Crippen LogP contribution >= 0.6 is 0 Å². The maximum Gasteiger partial charge on any atom is 0.251 e. The Morgan fingerprint density at radius 3 is 2.24 bits per heavy atom. The van der Waals surface area contributed by atoms with Gasteiger partial charge in [0.25, 0.3) is 5.91 Å². The van der Waals surface area contributed by atoms with Gasteiger partial charge in [-0.25, -0.2) is 0 Å². The Hall–Kier alpha value is -2.68. The summed E-state index contributed by atoms with van der Waals surface area (Å²) >= 11 is 0. The Morgan fingerprint density at radius 1 is 1.03 bits per heavy atom. The average Bonchev–Trinajstić information content (AvgIpc) is 3.22. The highest BCUT2D eigenvalue weighted by Crippen LogP contribution is 2.38. The van der Waals surface area contributed by atoms with E-state index >= 15 is 0 Å². The zero-order valence-corrected chi connectivity index (χ0v) is 24.0. The van der Waals surface area contributed by atoms with E-state index in [0.717, 1.165) is 12.0 Å². The molecule has 0 unspecified atom stereocenters. The number of aliphatic hydroxyl groups is 1. The molecule has 0 saturated carbocycles. The van der Waals surface area contributed by atoms with Crippen molar-refractivity contribution in [1.29, 1.82) is 0 Å². The van der Waals surface area contributed by atoms with Crippen LogP contribution in [0.25, 0.3) is 0 Å². The number of aryl methyl sites for hydroxylation is 1. The molecule has 2 atom stereocenters. The molecular formula is C29H42N2O5Si. The van der Waals surface area contributed by atoms with Crippen LogP contribution in [0.15, 0.2) is 48.5 Å². The van der Waals surface area contributed by atoms with Gasteiger partial charge in [0, 0.05) is 25.2 Å². The number of β-amino-alcohol motifs (C(OH)–C–C–N with tert-alkyl or cyclic N) is 1. The van der Waals surface area contributed by atoms with E-state index in [1.54, 1.807) is 4.90 Å². The first kappa shape index (κ1) is 28.9. The number of nitrogens with one attached hydrogen (secondary N) is 1. The van der Waals surface area contributed by atoms with Crippen LogP contribution < -0.4 is 10.1 Å². The first-order chi connectivity index (χ1) is 17.4. The number of carbonyl (C=O) groups excluding carboxylic acids is 2. The predicted molar refractivity (Wildman–Crippen MR) is 148 cm³/mol. The summed E-state index contributed by atoms with van der Waals surface area (Å²) in [5.41, 5.74) is 2.80. The van der Waals surface area contributed by atoms with Gasteiger partial charge in [0.15, 0.2) is 8.32 Å². The quantitative estimate of drug-likeness (QED) is 0.444. The maximum atomic E-state index is 12.7. The topological polar surface area (TPSA) is 88.1 Å². The zero-order chi connectivity index (χ0) is 27.2. The zero-order valence-electron chi connectivity index (χ0n) is 23.0. The molecule has 37 heavy (non-hydrogen) atoms. The minimum absolute atomic E-state index is 0.0415. The number of carbonyl (C=O) groups is 2. The molecule has 0 aliphatic carbocycles. The third-order valence-corrected chi connectivity index (χ3v) is 11.9. The molecule has 1 saturated heterocycles. The predicted octanol–water partition coefficient (Wildman–Crippen LogP) is 4.54. The van der Waals surface area contributed by atoms with Crippen molar-refractivity contribution >= 4 is 20.1 Å². The van der Waals surface area contributed by atoms with Crippen molar-refractivity contribution in [3.8, 4) is 5.75 Å². The van der Waals surface area contributed by atoms with Crippen molar-refractivity contribution in [2.75, 3.05) is 19.7 Å². The molecule has 0 bridgehead atoms. The Morgan fingerprint density at radius 2 is 1.65 bits per heavy atom.